The van der Waals surface area contributed by atoms with Gasteiger partial charge >= 0.3 is 6.03 Å². The highest BCUT2D eigenvalue weighted by atomic mass is 35.5. The zero-order valence-corrected chi connectivity index (χ0v) is 18.8. The summed E-state index contributed by atoms with van der Waals surface area (Å²) in [7, 11) is 0. The Balaban J connectivity index is 1.75. The van der Waals surface area contributed by atoms with Crippen molar-refractivity contribution in [1.29, 1.82) is 0 Å². The van der Waals surface area contributed by atoms with Crippen molar-refractivity contribution in [3.8, 4) is 0 Å². The number of hydrogen-bond donors (Lipinski definition) is 3. The first-order chi connectivity index (χ1) is 15.7. The standard InChI is InChI=1S/C20H21ClN6O6/c1-4-22-16(28)12-11-14(33-26-12)10(21)13-9(23-11)5-20(17(29)24-19(31)25-18(20)30)15-8(3)32-7(2)6-27(13)15/h7-8,15H,4-6H2,1-3H3,(H,22,28)(H2,24,25,29,30,31). The Kier molecular flexibility index (Phi) is 4.83. The van der Waals surface area contributed by atoms with Crippen molar-refractivity contribution in [3.63, 3.8) is 0 Å². The van der Waals surface area contributed by atoms with E-state index in [1.54, 1.807) is 13.8 Å². The Morgan fingerprint density at radius 2 is 1.97 bits per heavy atom. The van der Waals surface area contributed by atoms with Gasteiger partial charge in [0.05, 0.1) is 29.6 Å². The summed E-state index contributed by atoms with van der Waals surface area (Å²) < 4.78 is 11.3. The molecule has 2 saturated heterocycles. The van der Waals surface area contributed by atoms with Gasteiger partial charge in [-0.2, -0.15) is 0 Å². The normalized spacial score (nSPS) is 26.0. The van der Waals surface area contributed by atoms with Crippen LogP contribution >= 0.6 is 11.6 Å². The van der Waals surface area contributed by atoms with E-state index in [1.165, 1.54) is 0 Å². The number of nitrogens with one attached hydrogen (secondary N) is 3. The maximum atomic E-state index is 13.2. The molecule has 3 N–H and O–H groups in total. The molecule has 174 valence electrons. The van der Waals surface area contributed by atoms with E-state index in [9.17, 15) is 19.2 Å². The van der Waals surface area contributed by atoms with Gasteiger partial charge in [0.15, 0.2) is 11.1 Å². The van der Waals surface area contributed by atoms with Crippen molar-refractivity contribution in [1.82, 2.24) is 26.1 Å². The molecule has 2 aromatic heterocycles. The van der Waals surface area contributed by atoms with Crippen molar-refractivity contribution in [2.24, 2.45) is 5.41 Å². The number of amides is 5. The third kappa shape index (κ3) is 2.93. The molecule has 5 rings (SSSR count). The minimum absolute atomic E-state index is 0.0517. The molecule has 3 aliphatic heterocycles. The largest absolute Gasteiger partial charge is 0.372 e. The molecule has 0 aliphatic carbocycles. The van der Waals surface area contributed by atoms with Crippen molar-refractivity contribution in [2.45, 2.75) is 45.4 Å². The average molecular weight is 477 g/mol. The molecule has 5 heterocycles. The monoisotopic (exact) mass is 476 g/mol. The number of barbiturate groups is 1. The first-order valence-corrected chi connectivity index (χ1v) is 10.9. The van der Waals surface area contributed by atoms with Gasteiger partial charge < -0.3 is 19.5 Å². The Hall–Kier alpha value is -3.25. The highest BCUT2D eigenvalue weighted by molar-refractivity contribution is 6.38. The first kappa shape index (κ1) is 21.6. The number of fused-ring (bicyclic) bond motifs is 5. The van der Waals surface area contributed by atoms with Gasteiger partial charge in [-0.3, -0.25) is 25.0 Å². The number of hydrogen-bond acceptors (Lipinski definition) is 9. The lowest BCUT2D eigenvalue weighted by molar-refractivity contribution is -0.153. The number of carbonyl (C=O) groups excluding carboxylic acids is 4. The van der Waals surface area contributed by atoms with Crippen LogP contribution < -0.4 is 20.9 Å². The number of imide groups is 2. The van der Waals surface area contributed by atoms with Crippen LogP contribution in [0.4, 0.5) is 10.5 Å². The maximum Gasteiger partial charge on any atom is 0.328 e. The quantitative estimate of drug-likeness (QED) is 0.525. The van der Waals surface area contributed by atoms with E-state index in [0.717, 1.165) is 0 Å². The predicted molar refractivity (Wildman–Crippen MR) is 114 cm³/mol. The third-order valence-electron chi connectivity index (χ3n) is 6.33. The van der Waals surface area contributed by atoms with Crippen molar-refractivity contribution in [3.05, 3.63) is 16.4 Å². The van der Waals surface area contributed by atoms with Gasteiger partial charge in [-0.05, 0) is 20.8 Å². The van der Waals surface area contributed by atoms with Crippen molar-refractivity contribution >= 4 is 52.1 Å². The highest BCUT2D eigenvalue weighted by Gasteiger charge is 2.63. The molecule has 3 atom stereocenters. The first-order valence-electron chi connectivity index (χ1n) is 10.5. The number of aromatic nitrogens is 2. The second-order valence-corrected chi connectivity index (χ2v) is 8.80. The zero-order valence-electron chi connectivity index (χ0n) is 18.0. The summed E-state index contributed by atoms with van der Waals surface area (Å²) in [5, 5.41) is 11.1. The number of halogens is 1. The lowest BCUT2D eigenvalue weighted by atomic mass is 9.67. The second kappa shape index (κ2) is 7.39. The number of rotatable bonds is 2. The number of pyridine rings is 1. The van der Waals surface area contributed by atoms with Crippen LogP contribution in [0.5, 0.6) is 0 Å². The summed E-state index contributed by atoms with van der Waals surface area (Å²) in [4.78, 5) is 57.1. The van der Waals surface area contributed by atoms with Crippen LogP contribution in [-0.2, 0) is 20.7 Å². The highest BCUT2D eigenvalue weighted by Crippen LogP contribution is 2.50. The molecule has 0 bridgehead atoms. The Morgan fingerprint density at radius 1 is 1.27 bits per heavy atom. The minimum atomic E-state index is -1.70. The van der Waals surface area contributed by atoms with E-state index in [0.29, 0.717) is 24.5 Å². The van der Waals surface area contributed by atoms with E-state index in [4.69, 9.17) is 20.9 Å². The summed E-state index contributed by atoms with van der Waals surface area (Å²) in [6.07, 6.45) is -0.964. The molecular weight excluding hydrogens is 456 g/mol. The molecule has 2 fully saturated rings. The molecule has 2 aromatic rings. The summed E-state index contributed by atoms with van der Waals surface area (Å²) in [6, 6.07) is -1.65. The maximum absolute atomic E-state index is 13.2. The van der Waals surface area contributed by atoms with Crippen molar-refractivity contribution < 1.29 is 28.4 Å². The molecule has 1 spiro atoms. The van der Waals surface area contributed by atoms with Crippen LogP contribution in [0.3, 0.4) is 0 Å². The lowest BCUT2D eigenvalue weighted by Gasteiger charge is -2.55. The molecule has 33 heavy (non-hydrogen) atoms. The fourth-order valence-corrected chi connectivity index (χ4v) is 5.49. The molecule has 0 aromatic carbocycles. The van der Waals surface area contributed by atoms with Gasteiger partial charge in [-0.15, -0.1) is 0 Å². The van der Waals surface area contributed by atoms with E-state index in [-0.39, 0.29) is 34.3 Å². The van der Waals surface area contributed by atoms with E-state index in [2.05, 4.69) is 26.1 Å². The molecule has 3 unspecified atom stereocenters. The molecule has 0 saturated carbocycles. The lowest BCUT2D eigenvalue weighted by Crippen LogP contribution is -2.75. The van der Waals surface area contributed by atoms with Crippen LogP contribution in [0.25, 0.3) is 11.1 Å². The fourth-order valence-electron chi connectivity index (χ4n) is 5.15. The SMILES string of the molecule is CCNC(=O)c1noc2c(Cl)c3c(nc12)CC1(C(=O)NC(=O)NC1=O)C1C(C)OC(C)CN31. The molecule has 5 amide bonds. The van der Waals surface area contributed by atoms with Gasteiger partial charge in [-0.1, -0.05) is 16.8 Å². The Bertz CT molecular complexity index is 1210. The molecule has 12 nitrogen and oxygen atoms in total. The van der Waals surface area contributed by atoms with E-state index in [1.807, 2.05) is 11.8 Å². The Morgan fingerprint density at radius 3 is 2.64 bits per heavy atom. The molecule has 13 heteroatoms. The minimum Gasteiger partial charge on any atom is -0.372 e. The average Bonchev–Trinajstić information content (AvgIpc) is 3.15. The van der Waals surface area contributed by atoms with E-state index < -0.39 is 41.3 Å². The van der Waals surface area contributed by atoms with E-state index >= 15 is 0 Å². The van der Waals surface area contributed by atoms with Crippen LogP contribution in [0, 0.1) is 5.41 Å². The van der Waals surface area contributed by atoms with Gasteiger partial charge in [-0.25, -0.2) is 9.78 Å². The van der Waals surface area contributed by atoms with Gasteiger partial charge in [0.25, 0.3) is 5.91 Å². The van der Waals surface area contributed by atoms with Crippen LogP contribution in [0.1, 0.15) is 37.0 Å². The van der Waals surface area contributed by atoms with Crippen LogP contribution in [-0.4, -0.2) is 65.2 Å². The number of anilines is 1. The van der Waals surface area contributed by atoms with Gasteiger partial charge in [0.1, 0.15) is 10.5 Å². The van der Waals surface area contributed by atoms with Gasteiger partial charge in [0, 0.05) is 19.5 Å². The van der Waals surface area contributed by atoms with Crippen molar-refractivity contribution in [2.75, 3.05) is 18.0 Å². The number of carbonyl (C=O) groups is 4. The molecular formula is C20H21ClN6O6. The molecule has 3 aliphatic rings. The summed E-state index contributed by atoms with van der Waals surface area (Å²) in [5.41, 5.74) is -0.695. The van der Waals surface area contributed by atoms with Crippen LogP contribution in [0.2, 0.25) is 5.02 Å². The van der Waals surface area contributed by atoms with Crippen LogP contribution in [0.15, 0.2) is 4.52 Å². The number of nitrogens with zero attached hydrogens (tertiary/aromatic N) is 3. The van der Waals surface area contributed by atoms with Gasteiger partial charge in [0.2, 0.25) is 17.4 Å². The smallest absolute Gasteiger partial charge is 0.328 e. The summed E-state index contributed by atoms with van der Waals surface area (Å²) >= 11 is 6.75. The summed E-state index contributed by atoms with van der Waals surface area (Å²) in [6.45, 7) is 6.06. The predicted octanol–water partition coefficient (Wildman–Crippen LogP) is 0.517. The second-order valence-electron chi connectivity index (χ2n) is 8.42. The summed E-state index contributed by atoms with van der Waals surface area (Å²) in [5.74, 6) is -1.97. The molecule has 0 radical (unpaired) electrons. The Labute approximate surface area is 192 Å². The zero-order chi connectivity index (χ0) is 23.7. The third-order valence-corrected chi connectivity index (χ3v) is 6.68. The number of urea groups is 1. The number of ether oxygens (including phenoxy) is 1. The fraction of sp³-hybridized carbons (Fsp3) is 0.500. The topological polar surface area (TPSA) is 156 Å². The number of morpholine rings is 1.